The monoisotopic (exact) mass is 272 g/mol. The molecular formula is C12H14Cl2N2O. The minimum absolute atomic E-state index is 0.00127. The van der Waals surface area contributed by atoms with E-state index in [-0.39, 0.29) is 11.8 Å². The first-order chi connectivity index (χ1) is 8.18. The van der Waals surface area contributed by atoms with E-state index in [0.717, 1.165) is 25.9 Å². The van der Waals surface area contributed by atoms with Crippen molar-refractivity contribution in [3.8, 4) is 0 Å². The number of nitrogens with one attached hydrogen (secondary N) is 2. The highest BCUT2D eigenvalue weighted by Gasteiger charge is 2.21. The number of anilines is 1. The van der Waals surface area contributed by atoms with Crippen molar-refractivity contribution in [3.63, 3.8) is 0 Å². The molecule has 0 aromatic heterocycles. The van der Waals surface area contributed by atoms with Gasteiger partial charge >= 0.3 is 0 Å². The normalized spacial score (nSPS) is 20.0. The molecule has 0 spiro atoms. The Morgan fingerprint density at radius 1 is 1.41 bits per heavy atom. The summed E-state index contributed by atoms with van der Waals surface area (Å²) >= 11 is 11.9. The summed E-state index contributed by atoms with van der Waals surface area (Å²) in [6.45, 7) is 1.71. The van der Waals surface area contributed by atoms with Crippen LogP contribution in [0.15, 0.2) is 18.2 Å². The third kappa shape index (κ3) is 3.12. The van der Waals surface area contributed by atoms with Crippen molar-refractivity contribution in [2.75, 3.05) is 18.4 Å². The molecule has 5 heteroatoms. The minimum Gasteiger partial charge on any atom is -0.324 e. The Kier molecular flexibility index (Phi) is 4.26. The number of piperidine rings is 1. The van der Waals surface area contributed by atoms with Gasteiger partial charge in [-0.05, 0) is 31.5 Å². The molecular weight excluding hydrogens is 259 g/mol. The number of hydrogen-bond donors (Lipinski definition) is 2. The van der Waals surface area contributed by atoms with Gasteiger partial charge in [-0.2, -0.15) is 0 Å². The molecule has 92 valence electrons. The maximum Gasteiger partial charge on any atom is 0.228 e. The summed E-state index contributed by atoms with van der Waals surface area (Å²) in [6, 6.07) is 5.22. The second kappa shape index (κ2) is 5.71. The Balaban J connectivity index is 2.04. The molecule has 0 aliphatic carbocycles. The van der Waals surface area contributed by atoms with Gasteiger partial charge in [0, 0.05) is 6.54 Å². The van der Waals surface area contributed by atoms with E-state index in [1.165, 1.54) is 0 Å². The van der Waals surface area contributed by atoms with Crippen LogP contribution in [0.4, 0.5) is 5.69 Å². The molecule has 1 saturated heterocycles. The zero-order valence-electron chi connectivity index (χ0n) is 9.30. The molecule has 1 heterocycles. The van der Waals surface area contributed by atoms with Crippen LogP contribution in [-0.4, -0.2) is 19.0 Å². The lowest BCUT2D eigenvalue weighted by molar-refractivity contribution is -0.120. The SMILES string of the molecule is O=C(Nc1cccc(Cl)c1Cl)[C@H]1CCCNC1. The summed E-state index contributed by atoms with van der Waals surface area (Å²) in [5.41, 5.74) is 0.578. The van der Waals surface area contributed by atoms with Gasteiger partial charge in [-0.1, -0.05) is 29.3 Å². The average molecular weight is 273 g/mol. The van der Waals surface area contributed by atoms with E-state index in [1.807, 2.05) is 0 Å². The first-order valence-corrected chi connectivity index (χ1v) is 6.39. The highest BCUT2D eigenvalue weighted by molar-refractivity contribution is 6.43. The van der Waals surface area contributed by atoms with Gasteiger partial charge in [-0.15, -0.1) is 0 Å². The largest absolute Gasteiger partial charge is 0.324 e. The molecule has 1 amide bonds. The van der Waals surface area contributed by atoms with Gasteiger partial charge in [0.2, 0.25) is 5.91 Å². The first-order valence-electron chi connectivity index (χ1n) is 5.64. The standard InChI is InChI=1S/C12H14Cl2N2O/c13-9-4-1-5-10(11(9)14)16-12(17)8-3-2-6-15-7-8/h1,4-5,8,15H,2-3,6-7H2,(H,16,17)/t8-/m0/s1. The fourth-order valence-corrected chi connectivity index (χ4v) is 2.26. The number of amides is 1. The van der Waals surface area contributed by atoms with E-state index in [0.29, 0.717) is 15.7 Å². The van der Waals surface area contributed by atoms with Crippen molar-refractivity contribution in [1.82, 2.24) is 5.32 Å². The Bertz CT molecular complexity index is 417. The fourth-order valence-electron chi connectivity index (χ4n) is 1.91. The lowest BCUT2D eigenvalue weighted by Crippen LogP contribution is -2.37. The average Bonchev–Trinajstić information content (AvgIpc) is 2.36. The molecule has 1 aromatic rings. The first kappa shape index (κ1) is 12.7. The second-order valence-corrected chi connectivity index (χ2v) is 4.92. The summed E-state index contributed by atoms with van der Waals surface area (Å²) in [5.74, 6) is 0.0140. The molecule has 0 unspecified atom stereocenters. The van der Waals surface area contributed by atoms with Gasteiger partial charge in [-0.25, -0.2) is 0 Å². The molecule has 1 aromatic carbocycles. The maximum atomic E-state index is 12.0. The van der Waals surface area contributed by atoms with E-state index >= 15 is 0 Å². The van der Waals surface area contributed by atoms with Crippen molar-refractivity contribution in [1.29, 1.82) is 0 Å². The number of halogens is 2. The lowest BCUT2D eigenvalue weighted by atomic mass is 9.99. The molecule has 2 N–H and O–H groups in total. The lowest BCUT2D eigenvalue weighted by Gasteiger charge is -2.22. The third-order valence-electron chi connectivity index (χ3n) is 2.88. The Morgan fingerprint density at radius 2 is 2.24 bits per heavy atom. The highest BCUT2D eigenvalue weighted by atomic mass is 35.5. The number of rotatable bonds is 2. The van der Waals surface area contributed by atoms with Crippen molar-refractivity contribution in [2.45, 2.75) is 12.8 Å². The third-order valence-corrected chi connectivity index (χ3v) is 3.70. The molecule has 0 saturated carbocycles. The van der Waals surface area contributed by atoms with E-state index < -0.39 is 0 Å². The zero-order valence-corrected chi connectivity index (χ0v) is 10.8. The molecule has 2 rings (SSSR count). The molecule has 17 heavy (non-hydrogen) atoms. The molecule has 1 atom stereocenters. The molecule has 3 nitrogen and oxygen atoms in total. The van der Waals surface area contributed by atoms with E-state index in [1.54, 1.807) is 18.2 Å². The van der Waals surface area contributed by atoms with Crippen LogP contribution < -0.4 is 10.6 Å². The van der Waals surface area contributed by atoms with Gasteiger partial charge in [-0.3, -0.25) is 4.79 Å². The summed E-state index contributed by atoms with van der Waals surface area (Å²) in [4.78, 5) is 12.0. The molecule has 0 radical (unpaired) electrons. The van der Waals surface area contributed by atoms with Crippen LogP contribution >= 0.6 is 23.2 Å². The number of carbonyl (C=O) groups excluding carboxylic acids is 1. The van der Waals surface area contributed by atoms with E-state index in [4.69, 9.17) is 23.2 Å². The van der Waals surface area contributed by atoms with Crippen molar-refractivity contribution in [3.05, 3.63) is 28.2 Å². The number of hydrogen-bond acceptors (Lipinski definition) is 2. The van der Waals surface area contributed by atoms with Crippen LogP contribution in [0.5, 0.6) is 0 Å². The summed E-state index contributed by atoms with van der Waals surface area (Å²) in [5, 5.41) is 6.88. The van der Waals surface area contributed by atoms with Gasteiger partial charge < -0.3 is 10.6 Å². The molecule has 0 bridgehead atoms. The number of benzene rings is 1. The van der Waals surface area contributed by atoms with E-state index in [9.17, 15) is 4.79 Å². The predicted molar refractivity (Wildman–Crippen MR) is 70.7 cm³/mol. The summed E-state index contributed by atoms with van der Waals surface area (Å²) < 4.78 is 0. The van der Waals surface area contributed by atoms with Gasteiger partial charge in [0.15, 0.2) is 0 Å². The van der Waals surface area contributed by atoms with Crippen LogP contribution in [0.3, 0.4) is 0 Å². The van der Waals surface area contributed by atoms with Crippen LogP contribution in [0.25, 0.3) is 0 Å². The molecule has 1 aliphatic heterocycles. The second-order valence-electron chi connectivity index (χ2n) is 4.13. The fraction of sp³-hybridized carbons (Fsp3) is 0.417. The van der Waals surface area contributed by atoms with Gasteiger partial charge in [0.25, 0.3) is 0 Å². The van der Waals surface area contributed by atoms with Crippen molar-refractivity contribution in [2.24, 2.45) is 5.92 Å². The summed E-state index contributed by atoms with van der Waals surface area (Å²) in [7, 11) is 0. The van der Waals surface area contributed by atoms with Gasteiger partial charge in [0.1, 0.15) is 0 Å². The molecule has 1 aliphatic rings. The van der Waals surface area contributed by atoms with Crippen LogP contribution in [0, 0.1) is 5.92 Å². The smallest absolute Gasteiger partial charge is 0.228 e. The Labute approximate surface area is 110 Å². The number of carbonyl (C=O) groups is 1. The van der Waals surface area contributed by atoms with E-state index in [2.05, 4.69) is 10.6 Å². The minimum atomic E-state index is 0.00127. The predicted octanol–water partition coefficient (Wildman–Crippen LogP) is 2.93. The molecule has 1 fully saturated rings. The Morgan fingerprint density at radius 3 is 2.94 bits per heavy atom. The van der Waals surface area contributed by atoms with Crippen LogP contribution in [-0.2, 0) is 4.79 Å². The maximum absolute atomic E-state index is 12.0. The van der Waals surface area contributed by atoms with Crippen molar-refractivity contribution < 1.29 is 4.79 Å². The van der Waals surface area contributed by atoms with Crippen LogP contribution in [0.1, 0.15) is 12.8 Å². The van der Waals surface area contributed by atoms with Crippen molar-refractivity contribution >= 4 is 34.8 Å². The summed E-state index contributed by atoms with van der Waals surface area (Å²) in [6.07, 6.45) is 1.94. The quantitative estimate of drug-likeness (QED) is 0.869. The van der Waals surface area contributed by atoms with Gasteiger partial charge in [0.05, 0.1) is 21.7 Å². The zero-order chi connectivity index (χ0) is 12.3. The van der Waals surface area contributed by atoms with Crippen LogP contribution in [0.2, 0.25) is 10.0 Å². The Hall–Kier alpha value is -0.770. The highest BCUT2D eigenvalue weighted by Crippen LogP contribution is 2.30. The topological polar surface area (TPSA) is 41.1 Å².